The maximum atomic E-state index is 5.41. The molecule has 78 valence electrons. The van der Waals surface area contributed by atoms with E-state index in [1.807, 2.05) is 14.0 Å². The molecule has 0 amide bonds. The van der Waals surface area contributed by atoms with Gasteiger partial charge in [0.1, 0.15) is 0 Å². The predicted octanol–water partition coefficient (Wildman–Crippen LogP) is 0.577. The van der Waals surface area contributed by atoms with E-state index in [0.29, 0.717) is 12.1 Å². The Morgan fingerprint density at radius 3 is 2.77 bits per heavy atom. The number of ether oxygens (including phenoxy) is 1. The lowest BCUT2D eigenvalue weighted by atomic mass is 10.6. The fourth-order valence-electron chi connectivity index (χ4n) is 1.15. The lowest BCUT2D eigenvalue weighted by Crippen LogP contribution is -2.37. The monoisotopic (exact) mass is 299 g/mol. The average molecular weight is 299 g/mol. The summed E-state index contributed by atoms with van der Waals surface area (Å²) in [5.41, 5.74) is 0. The summed E-state index contributed by atoms with van der Waals surface area (Å²) in [5, 5.41) is 6.21. The van der Waals surface area contributed by atoms with Gasteiger partial charge in [0.15, 0.2) is 5.96 Å². The number of hydrogen-bond donors (Lipinski definition) is 2. The Balaban J connectivity index is 0.00000144. The van der Waals surface area contributed by atoms with Crippen LogP contribution in [0, 0.1) is 0 Å². The number of aliphatic imine (C=N–C) groups is 1. The van der Waals surface area contributed by atoms with Gasteiger partial charge >= 0.3 is 0 Å². The van der Waals surface area contributed by atoms with Crippen LogP contribution >= 0.6 is 24.0 Å². The van der Waals surface area contributed by atoms with Gasteiger partial charge in [-0.05, 0) is 13.3 Å². The third-order valence-electron chi connectivity index (χ3n) is 1.90. The van der Waals surface area contributed by atoms with E-state index < -0.39 is 0 Å². The normalized spacial score (nSPS) is 26.2. The molecule has 0 heterocycles. The fraction of sp³-hybridized carbons (Fsp3) is 0.875. The molecule has 2 atom stereocenters. The standard InChI is InChI=1S/C8H17N3O.HI/c1-4-12-7-5-6(7)11-8(9-2)10-3;/h6-7H,4-5H2,1-3H3,(H2,9,10,11);1H. The van der Waals surface area contributed by atoms with Gasteiger partial charge in [-0.25, -0.2) is 0 Å². The zero-order valence-corrected chi connectivity index (χ0v) is 10.7. The zero-order valence-electron chi connectivity index (χ0n) is 8.33. The first kappa shape index (κ1) is 13.0. The molecule has 0 radical (unpaired) electrons. The van der Waals surface area contributed by atoms with Gasteiger partial charge in [0.2, 0.25) is 0 Å². The van der Waals surface area contributed by atoms with Crippen LogP contribution in [0.15, 0.2) is 4.99 Å². The fourth-order valence-corrected chi connectivity index (χ4v) is 1.15. The lowest BCUT2D eigenvalue weighted by molar-refractivity contribution is 0.127. The van der Waals surface area contributed by atoms with E-state index >= 15 is 0 Å². The number of nitrogens with zero attached hydrogens (tertiary/aromatic N) is 1. The molecule has 0 saturated heterocycles. The van der Waals surface area contributed by atoms with E-state index in [0.717, 1.165) is 19.0 Å². The largest absolute Gasteiger partial charge is 0.376 e. The summed E-state index contributed by atoms with van der Waals surface area (Å²) < 4.78 is 5.41. The van der Waals surface area contributed by atoms with Gasteiger partial charge in [-0.15, -0.1) is 24.0 Å². The first-order chi connectivity index (χ1) is 5.81. The van der Waals surface area contributed by atoms with E-state index in [1.54, 1.807) is 7.05 Å². The molecule has 1 fully saturated rings. The van der Waals surface area contributed by atoms with Crippen LogP contribution in [0.5, 0.6) is 0 Å². The Morgan fingerprint density at radius 2 is 2.31 bits per heavy atom. The van der Waals surface area contributed by atoms with Crippen LogP contribution < -0.4 is 10.6 Å². The summed E-state index contributed by atoms with van der Waals surface area (Å²) in [5.74, 6) is 0.835. The molecule has 13 heavy (non-hydrogen) atoms. The lowest BCUT2D eigenvalue weighted by Gasteiger charge is -2.07. The first-order valence-electron chi connectivity index (χ1n) is 4.34. The molecule has 1 aliphatic rings. The predicted molar refractivity (Wildman–Crippen MR) is 64.8 cm³/mol. The Kier molecular flexibility index (Phi) is 6.40. The van der Waals surface area contributed by atoms with E-state index in [1.165, 1.54) is 0 Å². The Hall–Kier alpha value is -0.0400. The minimum Gasteiger partial charge on any atom is -0.376 e. The van der Waals surface area contributed by atoms with Crippen LogP contribution in [0.1, 0.15) is 13.3 Å². The summed E-state index contributed by atoms with van der Waals surface area (Å²) in [7, 11) is 3.62. The summed E-state index contributed by atoms with van der Waals surface area (Å²) in [6, 6.07) is 0.455. The van der Waals surface area contributed by atoms with Gasteiger partial charge in [-0.3, -0.25) is 4.99 Å². The number of hydrogen-bond acceptors (Lipinski definition) is 2. The van der Waals surface area contributed by atoms with Crippen molar-refractivity contribution in [3.8, 4) is 0 Å². The van der Waals surface area contributed by atoms with E-state index in [9.17, 15) is 0 Å². The number of halogens is 1. The summed E-state index contributed by atoms with van der Waals surface area (Å²) >= 11 is 0. The van der Waals surface area contributed by atoms with Crippen molar-refractivity contribution >= 4 is 29.9 Å². The summed E-state index contributed by atoms with van der Waals surface area (Å²) in [6.45, 7) is 2.81. The summed E-state index contributed by atoms with van der Waals surface area (Å²) in [4.78, 5) is 4.02. The molecular weight excluding hydrogens is 281 g/mol. The topological polar surface area (TPSA) is 45.6 Å². The van der Waals surface area contributed by atoms with Gasteiger partial charge in [0.05, 0.1) is 12.1 Å². The highest BCUT2D eigenvalue weighted by molar-refractivity contribution is 14.0. The van der Waals surface area contributed by atoms with Crippen molar-refractivity contribution in [2.24, 2.45) is 4.99 Å². The minimum atomic E-state index is 0. The average Bonchev–Trinajstić information content (AvgIpc) is 2.80. The molecule has 1 aliphatic carbocycles. The molecule has 0 bridgehead atoms. The highest BCUT2D eigenvalue weighted by Crippen LogP contribution is 2.24. The number of rotatable bonds is 3. The van der Waals surface area contributed by atoms with Gasteiger partial charge in [0.25, 0.3) is 0 Å². The minimum absolute atomic E-state index is 0. The van der Waals surface area contributed by atoms with Gasteiger partial charge in [0, 0.05) is 20.7 Å². The smallest absolute Gasteiger partial charge is 0.191 e. The molecule has 0 aromatic heterocycles. The van der Waals surface area contributed by atoms with Gasteiger partial charge in [-0.1, -0.05) is 0 Å². The quantitative estimate of drug-likeness (QED) is 0.455. The van der Waals surface area contributed by atoms with Crippen molar-refractivity contribution in [3.05, 3.63) is 0 Å². The van der Waals surface area contributed by atoms with Crippen LogP contribution in [0.2, 0.25) is 0 Å². The maximum Gasteiger partial charge on any atom is 0.191 e. The molecule has 2 N–H and O–H groups in total. The van der Waals surface area contributed by atoms with Crippen molar-refractivity contribution in [2.75, 3.05) is 20.7 Å². The van der Waals surface area contributed by atoms with Crippen molar-refractivity contribution in [2.45, 2.75) is 25.5 Å². The third kappa shape index (κ3) is 4.12. The zero-order chi connectivity index (χ0) is 8.97. The number of nitrogens with one attached hydrogen (secondary N) is 2. The maximum absolute atomic E-state index is 5.41. The highest BCUT2D eigenvalue weighted by atomic mass is 127. The Bertz CT molecular complexity index is 175. The van der Waals surface area contributed by atoms with E-state index in [-0.39, 0.29) is 24.0 Å². The van der Waals surface area contributed by atoms with Crippen LogP contribution in [-0.2, 0) is 4.74 Å². The van der Waals surface area contributed by atoms with Crippen LogP contribution in [-0.4, -0.2) is 38.8 Å². The SMILES string of the molecule is CCOC1CC1NC(=NC)NC.I. The van der Waals surface area contributed by atoms with Crippen LogP contribution in [0.4, 0.5) is 0 Å². The second kappa shape index (κ2) is 6.42. The molecule has 0 spiro atoms. The molecule has 2 unspecified atom stereocenters. The van der Waals surface area contributed by atoms with Gasteiger partial charge < -0.3 is 15.4 Å². The van der Waals surface area contributed by atoms with Crippen LogP contribution in [0.25, 0.3) is 0 Å². The third-order valence-corrected chi connectivity index (χ3v) is 1.90. The Labute approximate surface area is 96.5 Å². The van der Waals surface area contributed by atoms with Crippen LogP contribution in [0.3, 0.4) is 0 Å². The first-order valence-corrected chi connectivity index (χ1v) is 4.34. The molecule has 0 aromatic rings. The van der Waals surface area contributed by atoms with Crippen molar-refractivity contribution in [3.63, 3.8) is 0 Å². The molecule has 0 aromatic carbocycles. The highest BCUT2D eigenvalue weighted by Gasteiger charge is 2.38. The van der Waals surface area contributed by atoms with Crippen molar-refractivity contribution in [1.82, 2.24) is 10.6 Å². The molecule has 1 rings (SSSR count). The van der Waals surface area contributed by atoms with Gasteiger partial charge in [-0.2, -0.15) is 0 Å². The second-order valence-corrected chi connectivity index (χ2v) is 2.80. The molecule has 5 heteroatoms. The Morgan fingerprint density at radius 1 is 1.62 bits per heavy atom. The van der Waals surface area contributed by atoms with E-state index in [2.05, 4.69) is 15.6 Å². The summed E-state index contributed by atoms with van der Waals surface area (Å²) in [6.07, 6.45) is 1.48. The molecule has 0 aliphatic heterocycles. The number of guanidine groups is 1. The molecule has 4 nitrogen and oxygen atoms in total. The van der Waals surface area contributed by atoms with E-state index in [4.69, 9.17) is 4.74 Å². The molecular formula is C8H18IN3O. The molecule has 1 saturated carbocycles. The second-order valence-electron chi connectivity index (χ2n) is 2.80. The van der Waals surface area contributed by atoms with Crippen molar-refractivity contribution in [1.29, 1.82) is 0 Å². The van der Waals surface area contributed by atoms with Crippen molar-refractivity contribution < 1.29 is 4.74 Å².